The van der Waals surface area contributed by atoms with Gasteiger partial charge < -0.3 is 13.9 Å². The van der Waals surface area contributed by atoms with Crippen LogP contribution in [0.2, 0.25) is 0 Å². The normalized spacial score (nSPS) is 11.1. The van der Waals surface area contributed by atoms with Crippen LogP contribution in [-0.2, 0) is 22.7 Å². The number of unbranched alkanes of at least 4 members (excludes halogenated alkanes) is 7. The summed E-state index contributed by atoms with van der Waals surface area (Å²) < 4.78 is 16.4. The molecule has 0 bridgehead atoms. The van der Waals surface area contributed by atoms with Crippen molar-refractivity contribution in [1.29, 1.82) is 10.5 Å². The molecule has 0 atom stereocenters. The van der Waals surface area contributed by atoms with Crippen LogP contribution in [0.3, 0.4) is 0 Å². The van der Waals surface area contributed by atoms with Crippen molar-refractivity contribution in [2.24, 2.45) is 4.99 Å². The van der Waals surface area contributed by atoms with Gasteiger partial charge in [-0.2, -0.15) is 15.1 Å². The summed E-state index contributed by atoms with van der Waals surface area (Å²) in [5, 5.41) is 16.9. The molecule has 0 aliphatic carbocycles. The monoisotopic (exact) mass is 407 g/mol. The molecule has 0 unspecified atom stereocenters. The van der Waals surface area contributed by atoms with Gasteiger partial charge in [-0.1, -0.05) is 39.0 Å². The molecule has 0 aliphatic rings. The van der Waals surface area contributed by atoms with Crippen LogP contribution in [0.5, 0.6) is 0 Å². The number of ether oxygens (including phenoxy) is 2. The van der Waals surface area contributed by atoms with Gasteiger partial charge in [-0.15, -0.1) is 0 Å². The van der Waals surface area contributed by atoms with Gasteiger partial charge in [0.1, 0.15) is 6.61 Å². The van der Waals surface area contributed by atoms with E-state index in [1.165, 1.54) is 17.2 Å². The van der Waals surface area contributed by atoms with Crippen molar-refractivity contribution in [2.75, 3.05) is 13.2 Å². The predicted octanol–water partition coefficient (Wildman–Crippen LogP) is 1.99. The van der Waals surface area contributed by atoms with Crippen molar-refractivity contribution in [1.82, 2.24) is 9.13 Å². The third-order valence-corrected chi connectivity index (χ3v) is 4.30. The zero-order chi connectivity index (χ0) is 21.3. The second kappa shape index (κ2) is 15.0. The van der Waals surface area contributed by atoms with Gasteiger partial charge in [0.05, 0.1) is 0 Å². The summed E-state index contributed by atoms with van der Waals surface area (Å²) in [6.07, 6.45) is 11.4. The van der Waals surface area contributed by atoms with Gasteiger partial charge in [-0.3, -0.25) is 0 Å². The molecule has 0 aliphatic heterocycles. The second-order valence-electron chi connectivity index (χ2n) is 6.53. The fourth-order valence-corrected chi connectivity index (χ4v) is 2.74. The summed E-state index contributed by atoms with van der Waals surface area (Å²) >= 11 is 0. The lowest BCUT2D eigenvalue weighted by Gasteiger charge is -2.08. The van der Waals surface area contributed by atoms with Gasteiger partial charge in [0.15, 0.2) is 6.73 Å². The average molecular weight is 407 g/mol. The molecular weight excluding hydrogens is 378 g/mol. The molecule has 0 amide bonds. The molecule has 0 saturated heterocycles. The summed E-state index contributed by atoms with van der Waals surface area (Å²) in [4.78, 5) is 29.0. The van der Waals surface area contributed by atoms with Crippen LogP contribution in [0.1, 0.15) is 64.7 Å². The smallest absolute Gasteiger partial charge is 0.428 e. The van der Waals surface area contributed by atoms with Gasteiger partial charge in [0, 0.05) is 13.1 Å². The number of rotatable bonds is 15. The standard InChI is InChI=1S/C19H29N5O5/c1-2-3-4-5-8-11-22-17-23(12-9-6-7-10-13-27-14-20)18(25)24(16-28-15-21)19(26)29-17/h2-13,16H2,1H3/b22-17-. The molecule has 0 N–H and O–H groups in total. The highest BCUT2D eigenvalue weighted by Gasteiger charge is 2.11. The highest BCUT2D eigenvalue weighted by atomic mass is 16.5. The maximum absolute atomic E-state index is 12.7. The van der Waals surface area contributed by atoms with E-state index in [9.17, 15) is 9.59 Å². The van der Waals surface area contributed by atoms with Crippen LogP contribution in [0.15, 0.2) is 19.0 Å². The molecule has 0 radical (unpaired) electrons. The molecule has 0 spiro atoms. The summed E-state index contributed by atoms with van der Waals surface area (Å²) in [6, 6.07) is 0. The molecule has 160 valence electrons. The number of nitriles is 2. The minimum atomic E-state index is -0.903. The molecule has 29 heavy (non-hydrogen) atoms. The Bertz CT molecular complexity index is 856. The van der Waals surface area contributed by atoms with Crippen molar-refractivity contribution < 1.29 is 13.9 Å². The van der Waals surface area contributed by atoms with Crippen molar-refractivity contribution in [3.05, 3.63) is 26.7 Å². The maximum atomic E-state index is 12.7. The van der Waals surface area contributed by atoms with Crippen molar-refractivity contribution >= 4 is 0 Å². The molecular formula is C19H29N5O5. The van der Waals surface area contributed by atoms with Crippen LogP contribution in [0.4, 0.5) is 0 Å². The van der Waals surface area contributed by atoms with Crippen molar-refractivity contribution in [3.63, 3.8) is 0 Å². The lowest BCUT2D eigenvalue weighted by molar-refractivity contribution is 0.157. The second-order valence-corrected chi connectivity index (χ2v) is 6.53. The molecule has 10 heteroatoms. The van der Waals surface area contributed by atoms with Crippen LogP contribution >= 0.6 is 0 Å². The Hall–Kier alpha value is -3.01. The number of hydrogen-bond acceptors (Lipinski definition) is 8. The quantitative estimate of drug-likeness (QED) is 0.320. The zero-order valence-corrected chi connectivity index (χ0v) is 17.0. The molecule has 1 aromatic rings. The van der Waals surface area contributed by atoms with Gasteiger partial charge in [0.2, 0.25) is 0 Å². The lowest BCUT2D eigenvalue weighted by Crippen LogP contribution is -2.47. The molecule has 1 heterocycles. The van der Waals surface area contributed by atoms with E-state index in [1.807, 2.05) is 0 Å². The first kappa shape index (κ1) is 24.0. The van der Waals surface area contributed by atoms with Crippen LogP contribution in [-0.4, -0.2) is 22.3 Å². The first-order valence-corrected chi connectivity index (χ1v) is 10.0. The number of nitrogens with zero attached hydrogens (tertiary/aromatic N) is 5. The van der Waals surface area contributed by atoms with Gasteiger partial charge >= 0.3 is 17.1 Å². The molecule has 1 rings (SSSR count). The number of hydrogen-bond donors (Lipinski definition) is 0. The van der Waals surface area contributed by atoms with E-state index < -0.39 is 18.2 Å². The van der Waals surface area contributed by atoms with Crippen LogP contribution in [0, 0.1) is 23.0 Å². The molecule has 0 aromatic carbocycles. The Morgan fingerprint density at radius 3 is 2.34 bits per heavy atom. The minimum Gasteiger partial charge on any atom is -0.428 e. The summed E-state index contributed by atoms with van der Waals surface area (Å²) in [6.45, 7) is 2.81. The lowest BCUT2D eigenvalue weighted by atomic mass is 10.2. The first-order chi connectivity index (χ1) is 14.2. The van der Waals surface area contributed by atoms with E-state index in [2.05, 4.69) is 21.4 Å². The van der Waals surface area contributed by atoms with Gasteiger partial charge in [0.25, 0.3) is 12.5 Å². The fraction of sp³-hybridized carbons (Fsp3) is 0.737. The Kier molecular flexibility index (Phi) is 12.4. The molecule has 0 fully saturated rings. The van der Waals surface area contributed by atoms with E-state index in [0.29, 0.717) is 26.1 Å². The van der Waals surface area contributed by atoms with Crippen molar-refractivity contribution in [3.8, 4) is 12.5 Å². The maximum Gasteiger partial charge on any atom is 0.428 e. The topological polar surface area (TPSA) is 136 Å². The number of aromatic nitrogens is 2. The largest absolute Gasteiger partial charge is 0.428 e. The van der Waals surface area contributed by atoms with E-state index in [1.54, 1.807) is 6.26 Å². The Balaban J connectivity index is 2.86. The molecule has 1 aromatic heterocycles. The highest BCUT2D eigenvalue weighted by molar-refractivity contribution is 4.70. The molecule has 10 nitrogen and oxygen atoms in total. The minimum absolute atomic E-state index is 0.00323. The highest BCUT2D eigenvalue weighted by Crippen LogP contribution is 2.02. The third-order valence-electron chi connectivity index (χ3n) is 4.30. The van der Waals surface area contributed by atoms with E-state index in [-0.39, 0.29) is 5.68 Å². The summed E-state index contributed by atoms with van der Waals surface area (Å²) in [7, 11) is 0. The van der Waals surface area contributed by atoms with Gasteiger partial charge in [-0.05, 0) is 25.7 Å². The average Bonchev–Trinajstić information content (AvgIpc) is 2.71. The fourth-order valence-electron chi connectivity index (χ4n) is 2.74. The van der Waals surface area contributed by atoms with Crippen LogP contribution < -0.4 is 17.1 Å². The first-order valence-electron chi connectivity index (χ1n) is 10.0. The van der Waals surface area contributed by atoms with Crippen LogP contribution in [0.25, 0.3) is 0 Å². The third kappa shape index (κ3) is 9.15. The predicted molar refractivity (Wildman–Crippen MR) is 103 cm³/mol. The summed E-state index contributed by atoms with van der Waals surface area (Å²) in [5.74, 6) is -0.903. The molecule has 0 saturated carbocycles. The van der Waals surface area contributed by atoms with E-state index in [4.69, 9.17) is 14.9 Å². The summed E-state index contributed by atoms with van der Waals surface area (Å²) in [5.41, 5.74) is -0.620. The zero-order valence-electron chi connectivity index (χ0n) is 17.0. The Morgan fingerprint density at radius 1 is 0.931 bits per heavy atom. The Labute approximate surface area is 169 Å². The Morgan fingerprint density at radius 2 is 1.62 bits per heavy atom. The van der Waals surface area contributed by atoms with Crippen molar-refractivity contribution in [2.45, 2.75) is 78.0 Å². The van der Waals surface area contributed by atoms with Gasteiger partial charge in [-0.25, -0.2) is 19.1 Å². The van der Waals surface area contributed by atoms with E-state index in [0.717, 1.165) is 49.5 Å². The SMILES string of the molecule is CCCCCCC/N=c1\oc(=O)n(COC#N)c(=O)n1CCCCCCOC#N. The van der Waals surface area contributed by atoms with E-state index >= 15 is 0 Å².